The molecule has 1 atom stereocenters. The maximum atomic E-state index is 12.6. The number of hydrogen-bond acceptors (Lipinski definition) is 7. The number of benzene rings is 2. The van der Waals surface area contributed by atoms with Crippen LogP contribution in [-0.2, 0) is 10.0 Å². The third kappa shape index (κ3) is 4.78. The van der Waals surface area contributed by atoms with Crippen molar-refractivity contribution in [3.8, 4) is 11.5 Å². The molecule has 0 saturated carbocycles. The van der Waals surface area contributed by atoms with Crippen LogP contribution in [0.25, 0.3) is 5.70 Å². The molecule has 2 aromatic carbocycles. The topological polar surface area (TPSA) is 71.1 Å². The normalized spacial score (nSPS) is 17.9. The summed E-state index contributed by atoms with van der Waals surface area (Å²) in [4.78, 5) is 2.14. The molecular weight excluding hydrogens is 526 g/mol. The lowest BCUT2D eigenvalue weighted by Gasteiger charge is -2.27. The summed E-state index contributed by atoms with van der Waals surface area (Å²) in [6.45, 7) is 1.09. The van der Waals surface area contributed by atoms with Crippen molar-refractivity contribution in [2.45, 2.75) is 10.4 Å². The van der Waals surface area contributed by atoms with Crippen molar-refractivity contribution in [3.05, 3.63) is 52.4 Å². The number of halogens is 2. The molecule has 0 aliphatic carbocycles. The van der Waals surface area contributed by atoms with Crippen molar-refractivity contribution >= 4 is 61.8 Å². The number of sulfonamides is 1. The summed E-state index contributed by atoms with van der Waals surface area (Å²) in [6.07, 6.45) is 0. The summed E-state index contributed by atoms with van der Waals surface area (Å²) < 4.78 is 37.6. The van der Waals surface area contributed by atoms with Crippen LogP contribution in [0.2, 0.25) is 5.02 Å². The van der Waals surface area contributed by atoms with Crippen LogP contribution in [0.4, 0.5) is 5.69 Å². The van der Waals surface area contributed by atoms with Crippen molar-refractivity contribution in [2.75, 3.05) is 39.7 Å². The van der Waals surface area contributed by atoms with E-state index in [-0.39, 0.29) is 32.4 Å². The van der Waals surface area contributed by atoms with Crippen LogP contribution in [0.3, 0.4) is 0 Å². The number of nitrogens with zero attached hydrogens (tertiary/aromatic N) is 2. The van der Waals surface area contributed by atoms with Crippen LogP contribution in [0.15, 0.2) is 46.7 Å². The van der Waals surface area contributed by atoms with Crippen LogP contribution in [0, 0.1) is 0 Å². The van der Waals surface area contributed by atoms with Gasteiger partial charge >= 0.3 is 0 Å². The van der Waals surface area contributed by atoms with Crippen molar-refractivity contribution in [1.82, 2.24) is 9.21 Å². The van der Waals surface area contributed by atoms with Gasteiger partial charge in [0.25, 0.3) is 0 Å². The predicted molar refractivity (Wildman–Crippen MR) is 131 cm³/mol. The summed E-state index contributed by atoms with van der Waals surface area (Å²) >= 11 is 7.78. The molecule has 0 spiro atoms. The highest BCUT2D eigenvalue weighted by molar-refractivity contribution is 8.93. The first-order valence-corrected chi connectivity index (χ1v) is 12.0. The summed E-state index contributed by atoms with van der Waals surface area (Å²) in [7, 11) is 1.29. The van der Waals surface area contributed by atoms with Gasteiger partial charge in [0.15, 0.2) is 17.0 Å². The molecule has 1 N–H and O–H groups in total. The van der Waals surface area contributed by atoms with Gasteiger partial charge in [0.2, 0.25) is 10.0 Å². The zero-order valence-corrected chi connectivity index (χ0v) is 21.3. The van der Waals surface area contributed by atoms with Crippen molar-refractivity contribution in [2.24, 2.45) is 0 Å². The number of ether oxygens (including phenoxy) is 2. The number of nitrogens with one attached hydrogen (secondary N) is 1. The van der Waals surface area contributed by atoms with Gasteiger partial charge in [0.1, 0.15) is 18.1 Å². The minimum absolute atomic E-state index is 0. The second-order valence-corrected chi connectivity index (χ2v) is 10.5. The zero-order chi connectivity index (χ0) is 21.5. The van der Waals surface area contributed by atoms with Crippen LogP contribution >= 0.6 is 40.3 Å². The molecule has 2 aliphatic heterocycles. The number of anilines is 1. The smallest absolute Gasteiger partial charge is 0.244 e. The third-order valence-corrected chi connectivity index (χ3v) is 8.21. The number of thioether (sulfide) groups is 1. The van der Waals surface area contributed by atoms with Gasteiger partial charge in [-0.2, -0.15) is 0 Å². The van der Waals surface area contributed by atoms with Crippen LogP contribution in [0.1, 0.15) is 5.56 Å². The molecule has 11 heteroatoms. The van der Waals surface area contributed by atoms with Gasteiger partial charge in [-0.15, -0.1) is 17.0 Å². The molecule has 1 unspecified atom stereocenters. The highest BCUT2D eigenvalue weighted by Gasteiger charge is 2.27. The molecular formula is C20H23BrClN3O4S2. The van der Waals surface area contributed by atoms with E-state index in [0.717, 1.165) is 32.8 Å². The summed E-state index contributed by atoms with van der Waals surface area (Å²) in [6, 6.07) is 10.8. The SMILES string of the molecule is Br.CN1C(c2ccc(Cl)c(S(=O)(=O)N(C)C)c2)=CSC1Nc1ccc2c(c1)OCCO2. The molecule has 2 aliphatic rings. The first kappa shape index (κ1) is 24.1. The van der Waals surface area contributed by atoms with E-state index in [1.807, 2.05) is 36.7 Å². The molecule has 0 amide bonds. The van der Waals surface area contributed by atoms with Gasteiger partial charge in [-0.3, -0.25) is 0 Å². The van der Waals surface area contributed by atoms with E-state index in [2.05, 4.69) is 10.2 Å². The highest BCUT2D eigenvalue weighted by Crippen LogP contribution is 2.39. The van der Waals surface area contributed by atoms with Gasteiger partial charge in [0.05, 0.1) is 10.7 Å². The minimum Gasteiger partial charge on any atom is -0.486 e. The predicted octanol–water partition coefficient (Wildman–Crippen LogP) is 4.31. The molecule has 0 radical (unpaired) electrons. The molecule has 31 heavy (non-hydrogen) atoms. The molecule has 2 heterocycles. The van der Waals surface area contributed by atoms with E-state index >= 15 is 0 Å². The Morgan fingerprint density at radius 2 is 1.84 bits per heavy atom. The molecule has 7 nitrogen and oxygen atoms in total. The minimum atomic E-state index is -3.64. The Morgan fingerprint density at radius 3 is 2.55 bits per heavy atom. The number of hydrogen-bond donors (Lipinski definition) is 1. The lowest BCUT2D eigenvalue weighted by molar-refractivity contribution is 0.171. The van der Waals surface area contributed by atoms with E-state index in [1.165, 1.54) is 14.1 Å². The van der Waals surface area contributed by atoms with Gasteiger partial charge in [-0.1, -0.05) is 29.4 Å². The third-order valence-electron chi connectivity index (χ3n) is 4.86. The van der Waals surface area contributed by atoms with Crippen molar-refractivity contribution in [3.63, 3.8) is 0 Å². The van der Waals surface area contributed by atoms with Crippen LogP contribution in [-0.4, -0.2) is 57.5 Å². The summed E-state index contributed by atoms with van der Waals surface area (Å²) in [5.41, 5.74) is 2.53. The van der Waals surface area contributed by atoms with Gasteiger partial charge in [0, 0.05) is 32.9 Å². The maximum absolute atomic E-state index is 12.6. The molecule has 0 fully saturated rings. The Hall–Kier alpha value is -1.59. The Morgan fingerprint density at radius 1 is 1.13 bits per heavy atom. The van der Waals surface area contributed by atoms with E-state index in [9.17, 15) is 8.42 Å². The Balaban J connectivity index is 0.00000272. The molecule has 168 valence electrons. The second-order valence-electron chi connectivity index (χ2n) is 7.04. The monoisotopic (exact) mass is 547 g/mol. The lowest BCUT2D eigenvalue weighted by atomic mass is 10.1. The maximum Gasteiger partial charge on any atom is 0.244 e. The van der Waals surface area contributed by atoms with Gasteiger partial charge < -0.3 is 19.7 Å². The van der Waals surface area contributed by atoms with Crippen LogP contribution < -0.4 is 14.8 Å². The lowest BCUT2D eigenvalue weighted by Crippen LogP contribution is -2.30. The molecule has 0 saturated heterocycles. The fourth-order valence-electron chi connectivity index (χ4n) is 3.16. The Labute approximate surface area is 202 Å². The second kappa shape index (κ2) is 9.50. The zero-order valence-electron chi connectivity index (χ0n) is 17.2. The molecule has 0 bridgehead atoms. The summed E-state index contributed by atoms with van der Waals surface area (Å²) in [5.74, 6) is 1.47. The fourth-order valence-corrected chi connectivity index (χ4v) is 5.62. The van der Waals surface area contributed by atoms with Gasteiger partial charge in [-0.05, 0) is 35.2 Å². The first-order chi connectivity index (χ1) is 14.3. The Kier molecular flexibility index (Phi) is 7.37. The van der Waals surface area contributed by atoms with E-state index in [1.54, 1.807) is 23.9 Å². The quantitative estimate of drug-likeness (QED) is 0.597. The average Bonchev–Trinajstić information content (AvgIpc) is 3.08. The molecule has 4 rings (SSSR count). The number of rotatable bonds is 5. The van der Waals surface area contributed by atoms with E-state index in [0.29, 0.717) is 13.2 Å². The van der Waals surface area contributed by atoms with Crippen LogP contribution in [0.5, 0.6) is 11.5 Å². The Bertz CT molecular complexity index is 1110. The van der Waals surface area contributed by atoms with Crippen molar-refractivity contribution < 1.29 is 17.9 Å². The fraction of sp³-hybridized carbons (Fsp3) is 0.300. The highest BCUT2D eigenvalue weighted by atomic mass is 79.9. The largest absolute Gasteiger partial charge is 0.486 e. The first-order valence-electron chi connectivity index (χ1n) is 9.24. The van der Waals surface area contributed by atoms with E-state index in [4.69, 9.17) is 21.1 Å². The standard InChI is InChI=1S/C20H22ClN3O4S2.BrH/c1-23(2)30(25,26)19-10-13(4-6-15(19)21)16-12-29-20(24(16)3)22-14-5-7-17-18(11-14)28-9-8-27-17;/h4-7,10-12,20,22H,8-9H2,1-3H3;1H. The van der Waals surface area contributed by atoms with Gasteiger partial charge in [-0.25, -0.2) is 12.7 Å². The van der Waals surface area contributed by atoms with Crippen molar-refractivity contribution in [1.29, 1.82) is 0 Å². The summed E-state index contributed by atoms with van der Waals surface area (Å²) in [5, 5.41) is 5.67. The number of fused-ring (bicyclic) bond motifs is 1. The molecule has 0 aromatic heterocycles. The molecule has 2 aromatic rings. The van der Waals surface area contributed by atoms with E-state index < -0.39 is 10.0 Å². The average molecular weight is 549 g/mol.